The Labute approximate surface area is 144 Å². The van der Waals surface area contributed by atoms with Gasteiger partial charge in [0.15, 0.2) is 11.5 Å². The van der Waals surface area contributed by atoms with Crippen molar-refractivity contribution in [1.82, 2.24) is 10.3 Å². The third-order valence-corrected chi connectivity index (χ3v) is 4.76. The second kappa shape index (κ2) is 7.63. The highest BCUT2D eigenvalue weighted by Gasteiger charge is 2.19. The molecule has 0 unspecified atom stereocenters. The average Bonchev–Trinajstić information content (AvgIpc) is 3.30. The highest BCUT2D eigenvalue weighted by Crippen LogP contribution is 2.38. The van der Waals surface area contributed by atoms with Crippen molar-refractivity contribution < 1.29 is 19.0 Å². The van der Waals surface area contributed by atoms with Crippen LogP contribution in [0, 0.1) is 0 Å². The lowest BCUT2D eigenvalue weighted by molar-refractivity contribution is 0.0854. The van der Waals surface area contributed by atoms with Gasteiger partial charge in [0.2, 0.25) is 0 Å². The van der Waals surface area contributed by atoms with E-state index in [0.29, 0.717) is 28.7 Å². The third kappa shape index (κ3) is 3.52. The van der Waals surface area contributed by atoms with Gasteiger partial charge >= 0.3 is 0 Å². The van der Waals surface area contributed by atoms with Crippen molar-refractivity contribution in [2.24, 2.45) is 0 Å². The van der Waals surface area contributed by atoms with Crippen molar-refractivity contribution in [3.8, 4) is 22.1 Å². The molecule has 6 nitrogen and oxygen atoms in total. The molecule has 0 bridgehead atoms. The van der Waals surface area contributed by atoms with Gasteiger partial charge in [0, 0.05) is 18.5 Å². The van der Waals surface area contributed by atoms with Gasteiger partial charge in [-0.1, -0.05) is 6.07 Å². The highest BCUT2D eigenvalue weighted by atomic mass is 32.1. The molecular weight excluding hydrogens is 328 g/mol. The number of rotatable bonds is 6. The fraction of sp³-hybridized carbons (Fsp3) is 0.412. The lowest BCUT2D eigenvalue weighted by Gasteiger charge is -2.10. The Kier molecular flexibility index (Phi) is 5.32. The van der Waals surface area contributed by atoms with Gasteiger partial charge in [0.05, 0.1) is 25.9 Å². The second-order valence-corrected chi connectivity index (χ2v) is 6.28. The molecule has 1 amide bonds. The lowest BCUT2D eigenvalue weighted by atomic mass is 10.2. The number of hydrogen-bond donors (Lipinski definition) is 1. The molecule has 1 aliphatic rings. The standard InChI is InChI=1S/C17H20N2O4S/c1-21-14-7-3-6-12(15(14)22-2)17-19-13(10-24-17)16(20)18-9-11-5-4-8-23-11/h3,6-7,10-11H,4-5,8-9H2,1-2H3,(H,18,20)/t11-/m1/s1. The van der Waals surface area contributed by atoms with E-state index in [1.165, 1.54) is 11.3 Å². The maximum Gasteiger partial charge on any atom is 0.270 e. The minimum absolute atomic E-state index is 0.116. The summed E-state index contributed by atoms with van der Waals surface area (Å²) in [4.78, 5) is 16.7. The molecule has 0 radical (unpaired) electrons. The van der Waals surface area contributed by atoms with Gasteiger partial charge < -0.3 is 19.5 Å². The van der Waals surface area contributed by atoms with Gasteiger partial charge in [-0.15, -0.1) is 11.3 Å². The first-order valence-electron chi connectivity index (χ1n) is 7.79. The fourth-order valence-electron chi connectivity index (χ4n) is 2.66. The van der Waals surface area contributed by atoms with Crippen LogP contribution in [0.15, 0.2) is 23.6 Å². The molecule has 24 heavy (non-hydrogen) atoms. The van der Waals surface area contributed by atoms with Gasteiger partial charge in [-0.25, -0.2) is 4.98 Å². The number of aromatic nitrogens is 1. The number of thiazole rings is 1. The number of carbonyl (C=O) groups excluding carboxylic acids is 1. The minimum atomic E-state index is -0.185. The van der Waals surface area contributed by atoms with Gasteiger partial charge in [-0.3, -0.25) is 4.79 Å². The first-order chi connectivity index (χ1) is 11.7. The molecule has 128 valence electrons. The zero-order valence-corrected chi connectivity index (χ0v) is 14.5. The highest BCUT2D eigenvalue weighted by molar-refractivity contribution is 7.13. The Balaban J connectivity index is 1.74. The van der Waals surface area contributed by atoms with E-state index in [-0.39, 0.29) is 12.0 Å². The molecule has 1 aromatic carbocycles. The summed E-state index contributed by atoms with van der Waals surface area (Å²) in [5.74, 6) is 1.06. The van der Waals surface area contributed by atoms with E-state index in [2.05, 4.69) is 10.3 Å². The molecule has 1 N–H and O–H groups in total. The van der Waals surface area contributed by atoms with Gasteiger partial charge in [-0.2, -0.15) is 0 Å². The van der Waals surface area contributed by atoms with Crippen molar-refractivity contribution in [2.45, 2.75) is 18.9 Å². The van der Waals surface area contributed by atoms with E-state index >= 15 is 0 Å². The first kappa shape index (κ1) is 16.7. The van der Waals surface area contributed by atoms with Crippen molar-refractivity contribution in [3.63, 3.8) is 0 Å². The molecule has 0 aliphatic carbocycles. The summed E-state index contributed by atoms with van der Waals surface area (Å²) in [5, 5.41) is 5.35. The Bertz CT molecular complexity index is 710. The number of ether oxygens (including phenoxy) is 3. The number of methoxy groups -OCH3 is 2. The van der Waals surface area contributed by atoms with E-state index in [1.54, 1.807) is 19.6 Å². The molecule has 1 aromatic heterocycles. The summed E-state index contributed by atoms with van der Waals surface area (Å²) >= 11 is 1.40. The maximum atomic E-state index is 12.2. The van der Waals surface area contributed by atoms with Crippen LogP contribution in [0.5, 0.6) is 11.5 Å². The van der Waals surface area contributed by atoms with Crippen LogP contribution in [0.25, 0.3) is 10.6 Å². The summed E-state index contributed by atoms with van der Waals surface area (Å²) in [5.41, 5.74) is 1.21. The van der Waals surface area contributed by atoms with Crippen LogP contribution in [0.2, 0.25) is 0 Å². The Hall–Kier alpha value is -2.12. The maximum absolute atomic E-state index is 12.2. The molecule has 0 saturated carbocycles. The monoisotopic (exact) mass is 348 g/mol. The molecule has 3 rings (SSSR count). The van der Waals surface area contributed by atoms with Crippen LogP contribution in [0.1, 0.15) is 23.3 Å². The topological polar surface area (TPSA) is 69.7 Å². The molecule has 1 fully saturated rings. The summed E-state index contributed by atoms with van der Waals surface area (Å²) in [6.45, 7) is 1.30. The van der Waals surface area contributed by atoms with Crippen LogP contribution >= 0.6 is 11.3 Å². The molecule has 0 spiro atoms. The number of para-hydroxylation sites is 1. The SMILES string of the molecule is COc1cccc(-c2nc(C(=O)NC[C@H]3CCCO3)cs2)c1OC. The smallest absolute Gasteiger partial charge is 0.270 e. The number of amides is 1. The molecule has 7 heteroatoms. The predicted molar refractivity (Wildman–Crippen MR) is 92.0 cm³/mol. The number of benzene rings is 1. The van der Waals surface area contributed by atoms with E-state index in [9.17, 15) is 4.79 Å². The Morgan fingerprint density at radius 2 is 2.29 bits per heavy atom. The number of nitrogens with zero attached hydrogens (tertiary/aromatic N) is 1. The molecule has 1 saturated heterocycles. The molecule has 2 aromatic rings. The normalized spacial score (nSPS) is 16.8. The fourth-order valence-corrected chi connectivity index (χ4v) is 3.48. The van der Waals surface area contributed by atoms with Crippen molar-refractivity contribution in [3.05, 3.63) is 29.3 Å². The minimum Gasteiger partial charge on any atom is -0.493 e. The summed E-state index contributed by atoms with van der Waals surface area (Å²) in [6, 6.07) is 5.59. The number of carbonyl (C=O) groups is 1. The molecule has 1 aliphatic heterocycles. The zero-order chi connectivity index (χ0) is 16.9. The Morgan fingerprint density at radius 1 is 1.42 bits per heavy atom. The predicted octanol–water partition coefficient (Wildman–Crippen LogP) is 2.74. The summed E-state index contributed by atoms with van der Waals surface area (Å²) in [7, 11) is 3.18. The summed E-state index contributed by atoms with van der Waals surface area (Å²) in [6.07, 6.45) is 2.16. The third-order valence-electron chi connectivity index (χ3n) is 3.88. The Morgan fingerprint density at radius 3 is 3.00 bits per heavy atom. The van der Waals surface area contributed by atoms with Gasteiger partial charge in [0.1, 0.15) is 10.7 Å². The lowest BCUT2D eigenvalue weighted by Crippen LogP contribution is -2.31. The zero-order valence-electron chi connectivity index (χ0n) is 13.7. The quantitative estimate of drug-likeness (QED) is 0.869. The van der Waals surface area contributed by atoms with Crippen LogP contribution in [0.3, 0.4) is 0 Å². The molecule has 1 atom stereocenters. The van der Waals surface area contributed by atoms with E-state index in [0.717, 1.165) is 25.0 Å². The van der Waals surface area contributed by atoms with Crippen LogP contribution in [-0.4, -0.2) is 44.4 Å². The second-order valence-electron chi connectivity index (χ2n) is 5.42. The number of hydrogen-bond acceptors (Lipinski definition) is 6. The van der Waals surface area contributed by atoms with Crippen LogP contribution < -0.4 is 14.8 Å². The van der Waals surface area contributed by atoms with Crippen molar-refractivity contribution in [1.29, 1.82) is 0 Å². The first-order valence-corrected chi connectivity index (χ1v) is 8.67. The molecule has 2 heterocycles. The van der Waals surface area contributed by atoms with Gasteiger partial charge in [0.25, 0.3) is 5.91 Å². The van der Waals surface area contributed by atoms with E-state index < -0.39 is 0 Å². The van der Waals surface area contributed by atoms with Gasteiger partial charge in [-0.05, 0) is 25.0 Å². The van der Waals surface area contributed by atoms with Crippen molar-refractivity contribution >= 4 is 17.2 Å². The average molecular weight is 348 g/mol. The van der Waals surface area contributed by atoms with Crippen molar-refractivity contribution in [2.75, 3.05) is 27.4 Å². The van der Waals surface area contributed by atoms with Crippen LogP contribution in [-0.2, 0) is 4.74 Å². The van der Waals surface area contributed by atoms with E-state index in [1.807, 2.05) is 18.2 Å². The van der Waals surface area contributed by atoms with E-state index in [4.69, 9.17) is 14.2 Å². The molecular formula is C17H20N2O4S. The largest absolute Gasteiger partial charge is 0.493 e. The summed E-state index contributed by atoms with van der Waals surface area (Å²) < 4.78 is 16.2. The van der Waals surface area contributed by atoms with Crippen LogP contribution in [0.4, 0.5) is 0 Å². The number of nitrogens with one attached hydrogen (secondary N) is 1.